The Morgan fingerprint density at radius 3 is 2.35 bits per heavy atom. The van der Waals surface area contributed by atoms with Crippen molar-refractivity contribution in [2.45, 2.75) is 24.0 Å². The summed E-state index contributed by atoms with van der Waals surface area (Å²) in [6.45, 7) is 3.17. The zero-order valence-corrected chi connectivity index (χ0v) is 15.3. The summed E-state index contributed by atoms with van der Waals surface area (Å²) in [6, 6.07) is 15.8. The van der Waals surface area contributed by atoms with E-state index in [4.69, 9.17) is 4.74 Å². The number of para-hydroxylation sites is 1. The molecule has 0 aliphatic heterocycles. The Bertz CT molecular complexity index is 763. The molecule has 136 valence electrons. The van der Waals surface area contributed by atoms with Crippen molar-refractivity contribution in [3.05, 3.63) is 60.2 Å². The molecule has 0 radical (unpaired) electrons. The molecule has 0 spiro atoms. The van der Waals surface area contributed by atoms with Gasteiger partial charge in [-0.05, 0) is 38.1 Å². The van der Waals surface area contributed by atoms with Crippen LogP contribution in [0.1, 0.15) is 12.5 Å². The van der Waals surface area contributed by atoms with Gasteiger partial charge in [-0.15, -0.1) is 11.8 Å². The van der Waals surface area contributed by atoms with Crippen LogP contribution < -0.4 is 10.6 Å². The van der Waals surface area contributed by atoms with Gasteiger partial charge in [0.15, 0.2) is 6.61 Å². The number of nitrogens with one attached hydrogen (secondary N) is 2. The number of carbonyl (C=O) groups is 3. The van der Waals surface area contributed by atoms with E-state index in [1.54, 1.807) is 31.2 Å². The third kappa shape index (κ3) is 6.60. The number of benzene rings is 2. The number of thioether (sulfide) groups is 1. The third-order valence-electron chi connectivity index (χ3n) is 3.30. The van der Waals surface area contributed by atoms with Crippen molar-refractivity contribution >= 4 is 35.4 Å². The van der Waals surface area contributed by atoms with E-state index >= 15 is 0 Å². The highest BCUT2D eigenvalue weighted by Crippen LogP contribution is 2.24. The predicted octanol–water partition coefficient (Wildman–Crippen LogP) is 3.37. The van der Waals surface area contributed by atoms with Crippen LogP contribution in [0.3, 0.4) is 0 Å². The van der Waals surface area contributed by atoms with Gasteiger partial charge >= 0.3 is 12.0 Å². The summed E-state index contributed by atoms with van der Waals surface area (Å²) in [5, 5.41) is 4.14. The molecule has 1 atom stereocenters. The summed E-state index contributed by atoms with van der Waals surface area (Å²) in [5.74, 6) is -1.21. The number of amides is 3. The van der Waals surface area contributed by atoms with Gasteiger partial charge in [-0.25, -0.2) is 4.79 Å². The van der Waals surface area contributed by atoms with E-state index in [-0.39, 0.29) is 0 Å². The molecule has 0 bridgehead atoms. The normalized spacial score (nSPS) is 11.3. The van der Waals surface area contributed by atoms with E-state index in [1.807, 2.05) is 37.3 Å². The average Bonchev–Trinajstić information content (AvgIpc) is 2.62. The highest BCUT2D eigenvalue weighted by Gasteiger charge is 2.18. The van der Waals surface area contributed by atoms with Crippen LogP contribution in [0.25, 0.3) is 0 Å². The number of hydrogen-bond donors (Lipinski definition) is 2. The van der Waals surface area contributed by atoms with Crippen molar-refractivity contribution in [2.75, 3.05) is 11.9 Å². The SMILES string of the molecule is Cc1ccc(S[C@@H](C)C(=O)OCC(=O)NC(=O)Nc2ccccc2)cc1. The lowest BCUT2D eigenvalue weighted by molar-refractivity contribution is -0.147. The second-order valence-electron chi connectivity index (χ2n) is 5.55. The number of ether oxygens (including phenoxy) is 1. The molecular formula is C19H20N2O4S. The quantitative estimate of drug-likeness (QED) is 0.600. The van der Waals surface area contributed by atoms with E-state index < -0.39 is 29.8 Å². The van der Waals surface area contributed by atoms with Crippen molar-refractivity contribution in [1.29, 1.82) is 0 Å². The molecule has 0 aromatic heterocycles. The molecule has 0 heterocycles. The monoisotopic (exact) mass is 372 g/mol. The maximum Gasteiger partial charge on any atom is 0.325 e. The maximum atomic E-state index is 12.0. The maximum absolute atomic E-state index is 12.0. The molecule has 0 aliphatic rings. The molecule has 0 saturated heterocycles. The van der Waals surface area contributed by atoms with Crippen LogP contribution in [-0.2, 0) is 14.3 Å². The molecule has 0 aliphatic carbocycles. The lowest BCUT2D eigenvalue weighted by Gasteiger charge is -2.11. The van der Waals surface area contributed by atoms with Crippen molar-refractivity contribution in [2.24, 2.45) is 0 Å². The van der Waals surface area contributed by atoms with Gasteiger partial charge in [0.1, 0.15) is 5.25 Å². The zero-order valence-electron chi connectivity index (χ0n) is 14.5. The number of imide groups is 1. The zero-order chi connectivity index (χ0) is 18.9. The molecule has 0 fully saturated rings. The molecule has 3 amide bonds. The minimum Gasteiger partial charge on any atom is -0.455 e. The van der Waals surface area contributed by atoms with Crippen molar-refractivity contribution < 1.29 is 19.1 Å². The molecule has 2 rings (SSSR count). The number of esters is 1. The van der Waals surface area contributed by atoms with Gasteiger partial charge in [0, 0.05) is 10.6 Å². The number of carbonyl (C=O) groups excluding carboxylic acids is 3. The second kappa shape index (κ2) is 9.62. The Morgan fingerprint density at radius 2 is 1.69 bits per heavy atom. The van der Waals surface area contributed by atoms with Crippen molar-refractivity contribution in [3.63, 3.8) is 0 Å². The second-order valence-corrected chi connectivity index (χ2v) is 6.96. The third-order valence-corrected chi connectivity index (χ3v) is 4.39. The first-order chi connectivity index (χ1) is 12.4. The standard InChI is InChI=1S/C19H20N2O4S/c1-13-8-10-16(11-9-13)26-14(2)18(23)25-12-17(22)21-19(24)20-15-6-4-3-5-7-15/h3-11,14H,12H2,1-2H3,(H2,20,21,22,24)/t14-/m0/s1. The van der Waals surface area contributed by atoms with Crippen molar-refractivity contribution in [3.8, 4) is 0 Å². The summed E-state index contributed by atoms with van der Waals surface area (Å²) >= 11 is 1.34. The number of anilines is 1. The topological polar surface area (TPSA) is 84.5 Å². The fourth-order valence-electron chi connectivity index (χ4n) is 1.97. The smallest absolute Gasteiger partial charge is 0.325 e. The molecule has 0 unspecified atom stereocenters. The van der Waals surface area contributed by atoms with Crippen LogP contribution in [0.4, 0.5) is 10.5 Å². The van der Waals surface area contributed by atoms with Gasteiger partial charge in [-0.3, -0.25) is 14.9 Å². The number of hydrogen-bond acceptors (Lipinski definition) is 5. The fourth-order valence-corrected chi connectivity index (χ4v) is 2.84. The molecule has 26 heavy (non-hydrogen) atoms. The Kier molecular flexibility index (Phi) is 7.23. The van der Waals surface area contributed by atoms with Crippen LogP contribution in [0.2, 0.25) is 0 Å². The highest BCUT2D eigenvalue weighted by atomic mass is 32.2. The Labute approximate surface area is 156 Å². The molecule has 0 saturated carbocycles. The number of rotatable bonds is 6. The van der Waals surface area contributed by atoms with E-state index in [9.17, 15) is 14.4 Å². The highest BCUT2D eigenvalue weighted by molar-refractivity contribution is 8.00. The molecule has 2 aromatic rings. The molecular weight excluding hydrogens is 352 g/mol. The number of urea groups is 1. The van der Waals surface area contributed by atoms with E-state index in [1.165, 1.54) is 11.8 Å². The minimum absolute atomic E-state index is 0.469. The first-order valence-corrected chi connectivity index (χ1v) is 8.88. The Hall–Kier alpha value is -2.80. The summed E-state index contributed by atoms with van der Waals surface area (Å²) in [7, 11) is 0. The first-order valence-electron chi connectivity index (χ1n) is 8.00. The van der Waals surface area contributed by atoms with E-state index in [0.717, 1.165) is 10.5 Å². The molecule has 7 heteroatoms. The van der Waals surface area contributed by atoms with Crippen molar-refractivity contribution in [1.82, 2.24) is 5.32 Å². The molecule has 2 aromatic carbocycles. The van der Waals surface area contributed by atoms with Crippen LogP contribution >= 0.6 is 11.8 Å². The Balaban J connectivity index is 1.72. The van der Waals surface area contributed by atoms with Crippen LogP contribution in [-0.4, -0.2) is 29.8 Å². The predicted molar refractivity (Wildman–Crippen MR) is 101 cm³/mol. The van der Waals surface area contributed by atoms with Crippen LogP contribution in [0.5, 0.6) is 0 Å². The van der Waals surface area contributed by atoms with Gasteiger partial charge in [-0.2, -0.15) is 0 Å². The average molecular weight is 372 g/mol. The summed E-state index contributed by atoms with van der Waals surface area (Å²) in [4.78, 5) is 36.3. The van der Waals surface area contributed by atoms with Gasteiger partial charge in [0.25, 0.3) is 5.91 Å². The van der Waals surface area contributed by atoms with Gasteiger partial charge in [0.2, 0.25) is 0 Å². The molecule has 6 nitrogen and oxygen atoms in total. The number of aryl methyl sites for hydroxylation is 1. The minimum atomic E-state index is -0.695. The van der Waals surface area contributed by atoms with Crippen LogP contribution in [0, 0.1) is 6.92 Å². The van der Waals surface area contributed by atoms with E-state index in [0.29, 0.717) is 5.69 Å². The summed E-state index contributed by atoms with van der Waals surface area (Å²) in [5.41, 5.74) is 1.69. The van der Waals surface area contributed by atoms with Gasteiger partial charge in [-0.1, -0.05) is 35.9 Å². The van der Waals surface area contributed by atoms with E-state index in [2.05, 4.69) is 10.6 Å². The lowest BCUT2D eigenvalue weighted by atomic mass is 10.2. The lowest BCUT2D eigenvalue weighted by Crippen LogP contribution is -2.37. The fraction of sp³-hybridized carbons (Fsp3) is 0.211. The van der Waals surface area contributed by atoms with Crippen LogP contribution in [0.15, 0.2) is 59.5 Å². The van der Waals surface area contributed by atoms with Gasteiger partial charge < -0.3 is 10.1 Å². The Morgan fingerprint density at radius 1 is 1.04 bits per heavy atom. The largest absolute Gasteiger partial charge is 0.455 e. The molecule has 2 N–H and O–H groups in total. The first kappa shape index (κ1) is 19.5. The summed E-state index contributed by atoms with van der Waals surface area (Å²) in [6.07, 6.45) is 0. The van der Waals surface area contributed by atoms with Gasteiger partial charge in [0.05, 0.1) is 0 Å². The summed E-state index contributed by atoms with van der Waals surface area (Å²) < 4.78 is 4.96.